The SMILES string of the molecule is Fc1cc(F)cc(CN(CCBr)CC(F)F)c1. The minimum absolute atomic E-state index is 0.102. The monoisotopic (exact) mass is 313 g/mol. The molecule has 1 aromatic carbocycles. The van der Waals surface area contributed by atoms with Crippen LogP contribution in [0.25, 0.3) is 0 Å². The Balaban J connectivity index is 2.70. The van der Waals surface area contributed by atoms with Gasteiger partial charge >= 0.3 is 0 Å². The number of rotatable bonds is 6. The fraction of sp³-hybridized carbons (Fsp3) is 0.455. The second-order valence-corrected chi connectivity index (χ2v) is 4.39. The van der Waals surface area contributed by atoms with E-state index in [0.29, 0.717) is 17.4 Å². The zero-order valence-corrected chi connectivity index (χ0v) is 10.6. The van der Waals surface area contributed by atoms with E-state index < -0.39 is 24.6 Å². The Morgan fingerprint density at radius 2 is 1.71 bits per heavy atom. The standard InChI is InChI=1S/C11H12BrF4N/c12-1-2-17(7-11(15)16)6-8-3-9(13)5-10(14)4-8/h3-5,11H,1-2,6-7H2. The molecule has 96 valence electrons. The molecule has 1 aromatic rings. The number of halogens is 5. The molecule has 0 spiro atoms. The lowest BCUT2D eigenvalue weighted by molar-refractivity contribution is 0.0880. The molecule has 0 heterocycles. The molecule has 1 nitrogen and oxygen atoms in total. The van der Waals surface area contributed by atoms with E-state index in [0.717, 1.165) is 18.2 Å². The van der Waals surface area contributed by atoms with E-state index in [1.807, 2.05) is 0 Å². The van der Waals surface area contributed by atoms with E-state index in [2.05, 4.69) is 15.9 Å². The normalized spacial score (nSPS) is 11.5. The third kappa shape index (κ3) is 5.50. The van der Waals surface area contributed by atoms with Crippen LogP contribution in [-0.2, 0) is 6.54 Å². The van der Waals surface area contributed by atoms with Crippen LogP contribution in [0.3, 0.4) is 0 Å². The molecule has 0 fully saturated rings. The second kappa shape index (κ2) is 6.96. The molecule has 0 unspecified atom stereocenters. The summed E-state index contributed by atoms with van der Waals surface area (Å²) in [6.07, 6.45) is -2.47. The highest BCUT2D eigenvalue weighted by Gasteiger charge is 2.12. The maximum atomic E-state index is 12.9. The number of nitrogens with zero attached hydrogens (tertiary/aromatic N) is 1. The first-order valence-electron chi connectivity index (χ1n) is 5.02. The average molecular weight is 314 g/mol. The number of alkyl halides is 3. The molecule has 0 N–H and O–H groups in total. The van der Waals surface area contributed by atoms with Gasteiger partial charge in [0.15, 0.2) is 0 Å². The zero-order valence-electron chi connectivity index (χ0n) is 8.97. The molecule has 1 rings (SSSR count). The van der Waals surface area contributed by atoms with E-state index in [4.69, 9.17) is 0 Å². The highest BCUT2D eigenvalue weighted by Crippen LogP contribution is 2.12. The summed E-state index contributed by atoms with van der Waals surface area (Å²) in [5, 5.41) is 0.525. The van der Waals surface area contributed by atoms with Gasteiger partial charge in [0.2, 0.25) is 0 Å². The predicted octanol–water partition coefficient (Wildman–Crippen LogP) is 3.43. The predicted molar refractivity (Wildman–Crippen MR) is 61.4 cm³/mol. The first-order chi connectivity index (χ1) is 8.01. The highest BCUT2D eigenvalue weighted by molar-refractivity contribution is 9.09. The average Bonchev–Trinajstić information content (AvgIpc) is 2.14. The molecule has 0 radical (unpaired) electrons. The number of hydrogen-bond donors (Lipinski definition) is 0. The van der Waals surface area contributed by atoms with Crippen molar-refractivity contribution in [1.29, 1.82) is 0 Å². The fourth-order valence-electron chi connectivity index (χ4n) is 1.51. The van der Waals surface area contributed by atoms with Gasteiger partial charge < -0.3 is 0 Å². The molecular formula is C11H12BrF4N. The fourth-order valence-corrected chi connectivity index (χ4v) is 2.01. The van der Waals surface area contributed by atoms with E-state index in [1.54, 1.807) is 0 Å². The largest absolute Gasteiger partial charge is 0.293 e. The molecule has 6 heteroatoms. The summed E-state index contributed by atoms with van der Waals surface area (Å²) in [6, 6.07) is 3.05. The van der Waals surface area contributed by atoms with E-state index in [9.17, 15) is 17.6 Å². The lowest BCUT2D eigenvalue weighted by atomic mass is 10.2. The van der Waals surface area contributed by atoms with Crippen LogP contribution in [0.5, 0.6) is 0 Å². The molecule has 0 saturated heterocycles. The van der Waals surface area contributed by atoms with Gasteiger partial charge in [0, 0.05) is 24.5 Å². The van der Waals surface area contributed by atoms with Crippen molar-refractivity contribution in [2.75, 3.05) is 18.4 Å². The van der Waals surface area contributed by atoms with Crippen LogP contribution >= 0.6 is 15.9 Å². The summed E-state index contributed by atoms with van der Waals surface area (Å²) in [4.78, 5) is 1.44. The molecule has 0 aliphatic heterocycles. The van der Waals surface area contributed by atoms with Crippen LogP contribution in [-0.4, -0.2) is 29.7 Å². The molecule has 0 saturated carbocycles. The molecule has 0 aliphatic rings. The van der Waals surface area contributed by atoms with Crippen molar-refractivity contribution in [2.45, 2.75) is 13.0 Å². The van der Waals surface area contributed by atoms with Gasteiger partial charge in [-0.3, -0.25) is 4.90 Å². The first kappa shape index (κ1) is 14.4. The summed E-state index contributed by atoms with van der Waals surface area (Å²) in [7, 11) is 0. The van der Waals surface area contributed by atoms with Gasteiger partial charge in [0.25, 0.3) is 6.43 Å². The van der Waals surface area contributed by atoms with E-state index in [1.165, 1.54) is 4.90 Å². The lowest BCUT2D eigenvalue weighted by Crippen LogP contribution is -2.30. The number of hydrogen-bond acceptors (Lipinski definition) is 1. The van der Waals surface area contributed by atoms with Crippen LogP contribution in [0.2, 0.25) is 0 Å². The third-order valence-corrected chi connectivity index (χ3v) is 2.48. The topological polar surface area (TPSA) is 3.24 Å². The maximum absolute atomic E-state index is 12.9. The van der Waals surface area contributed by atoms with Crippen molar-refractivity contribution >= 4 is 15.9 Å². The minimum Gasteiger partial charge on any atom is -0.293 e. The van der Waals surface area contributed by atoms with Crippen LogP contribution < -0.4 is 0 Å². The Bertz CT molecular complexity index is 339. The van der Waals surface area contributed by atoms with Crippen LogP contribution in [0.4, 0.5) is 17.6 Å². The Morgan fingerprint density at radius 1 is 1.12 bits per heavy atom. The Hall–Kier alpha value is -0.620. The van der Waals surface area contributed by atoms with Gasteiger partial charge in [-0.2, -0.15) is 0 Å². The molecule has 0 aliphatic carbocycles. The minimum atomic E-state index is -2.47. The van der Waals surface area contributed by atoms with Crippen LogP contribution in [0.1, 0.15) is 5.56 Å². The summed E-state index contributed by atoms with van der Waals surface area (Å²) in [6.45, 7) is 0.0802. The zero-order chi connectivity index (χ0) is 12.8. The van der Waals surface area contributed by atoms with Crippen molar-refractivity contribution in [3.8, 4) is 0 Å². The molecule has 17 heavy (non-hydrogen) atoms. The van der Waals surface area contributed by atoms with Crippen molar-refractivity contribution < 1.29 is 17.6 Å². The van der Waals surface area contributed by atoms with Crippen molar-refractivity contribution in [3.63, 3.8) is 0 Å². The molecule has 0 bridgehead atoms. The summed E-state index contributed by atoms with van der Waals surface area (Å²) in [5.74, 6) is -1.40. The van der Waals surface area contributed by atoms with Gasteiger partial charge in [-0.1, -0.05) is 15.9 Å². The smallest absolute Gasteiger partial charge is 0.251 e. The second-order valence-electron chi connectivity index (χ2n) is 3.59. The maximum Gasteiger partial charge on any atom is 0.251 e. The molecule has 0 amide bonds. The van der Waals surface area contributed by atoms with E-state index in [-0.39, 0.29) is 6.54 Å². The van der Waals surface area contributed by atoms with Gasteiger partial charge in [-0.05, 0) is 17.7 Å². The van der Waals surface area contributed by atoms with Crippen molar-refractivity contribution in [2.24, 2.45) is 0 Å². The van der Waals surface area contributed by atoms with Gasteiger partial charge in [0.05, 0.1) is 6.54 Å². The Kier molecular flexibility index (Phi) is 5.91. The molecule has 0 atom stereocenters. The quantitative estimate of drug-likeness (QED) is 0.574. The Morgan fingerprint density at radius 3 is 2.18 bits per heavy atom. The Labute approximate surface area is 106 Å². The molecule has 0 aromatic heterocycles. The summed E-state index contributed by atoms with van der Waals surface area (Å²) in [5.41, 5.74) is 0.351. The number of benzene rings is 1. The van der Waals surface area contributed by atoms with Crippen molar-refractivity contribution in [3.05, 3.63) is 35.4 Å². The third-order valence-electron chi connectivity index (χ3n) is 2.13. The van der Waals surface area contributed by atoms with E-state index >= 15 is 0 Å². The van der Waals surface area contributed by atoms with Crippen molar-refractivity contribution in [1.82, 2.24) is 4.90 Å². The van der Waals surface area contributed by atoms with Crippen LogP contribution in [0, 0.1) is 11.6 Å². The van der Waals surface area contributed by atoms with Gasteiger partial charge in [-0.15, -0.1) is 0 Å². The van der Waals surface area contributed by atoms with Gasteiger partial charge in [0.1, 0.15) is 11.6 Å². The summed E-state index contributed by atoms with van der Waals surface area (Å²) >= 11 is 3.15. The lowest BCUT2D eigenvalue weighted by Gasteiger charge is -2.20. The summed E-state index contributed by atoms with van der Waals surface area (Å²) < 4.78 is 50.4. The van der Waals surface area contributed by atoms with Gasteiger partial charge in [-0.25, -0.2) is 17.6 Å². The molecular weight excluding hydrogens is 302 g/mol. The van der Waals surface area contributed by atoms with Crippen LogP contribution in [0.15, 0.2) is 18.2 Å². The first-order valence-corrected chi connectivity index (χ1v) is 6.15. The highest BCUT2D eigenvalue weighted by atomic mass is 79.9.